The molecule has 0 N–H and O–H groups in total. The molecule has 0 bridgehead atoms. The van der Waals surface area contributed by atoms with Crippen LogP contribution in [0.15, 0.2) is 48.7 Å². The van der Waals surface area contributed by atoms with Gasteiger partial charge in [0.05, 0.1) is 11.2 Å². The number of rotatable bonds is 2. The van der Waals surface area contributed by atoms with Crippen LogP contribution < -0.4 is 0 Å². The lowest BCUT2D eigenvalue weighted by Gasteiger charge is -2.02. The summed E-state index contributed by atoms with van der Waals surface area (Å²) in [4.78, 5) is 0. The maximum absolute atomic E-state index is 3.28. The van der Waals surface area contributed by atoms with Gasteiger partial charge in [-0.2, -0.15) is 0 Å². The zero-order chi connectivity index (χ0) is 13.1. The second-order valence-electron chi connectivity index (χ2n) is 4.78. The smallest absolute Gasteiger partial charge is 0.0965 e. The molecule has 19 heavy (non-hydrogen) atoms. The van der Waals surface area contributed by atoms with E-state index in [4.69, 9.17) is 0 Å². The highest BCUT2D eigenvalue weighted by Gasteiger charge is 2.02. The molecule has 3 rings (SSSR count). The summed E-state index contributed by atoms with van der Waals surface area (Å²) < 4.78 is 2.18. The lowest BCUT2D eigenvalue weighted by Crippen LogP contribution is -1.88. The molecule has 0 aliphatic heterocycles. The maximum atomic E-state index is 3.28. The molecule has 3 aromatic rings. The zero-order valence-electron chi connectivity index (χ0n) is 11.2. The van der Waals surface area contributed by atoms with Crippen LogP contribution in [0.5, 0.6) is 0 Å². The van der Waals surface area contributed by atoms with Crippen molar-refractivity contribution >= 4 is 16.3 Å². The van der Waals surface area contributed by atoms with Crippen LogP contribution in [0, 0.1) is 11.8 Å². The van der Waals surface area contributed by atoms with E-state index in [9.17, 15) is 0 Å². The minimum absolute atomic E-state index is 0.983. The van der Waals surface area contributed by atoms with Crippen molar-refractivity contribution in [1.82, 2.24) is 4.40 Å². The Hall–Kier alpha value is -2.20. The average molecular weight is 247 g/mol. The topological polar surface area (TPSA) is 4.41 Å². The second kappa shape index (κ2) is 5.20. The van der Waals surface area contributed by atoms with E-state index in [-0.39, 0.29) is 0 Å². The predicted octanol–water partition coefficient (Wildman–Crippen LogP) is 4.63. The Morgan fingerprint density at radius 2 is 1.95 bits per heavy atom. The Morgan fingerprint density at radius 3 is 2.84 bits per heavy atom. The maximum Gasteiger partial charge on any atom is 0.0965 e. The number of pyridine rings is 1. The fourth-order valence-corrected chi connectivity index (χ4v) is 2.38. The minimum Gasteiger partial charge on any atom is -0.309 e. The molecule has 0 radical (unpaired) electrons. The van der Waals surface area contributed by atoms with Gasteiger partial charge in [0.2, 0.25) is 0 Å². The molecule has 2 heterocycles. The first-order chi connectivity index (χ1) is 9.40. The number of unbranched alkanes of at least 4 members (excludes halogenated alkanes) is 2. The van der Waals surface area contributed by atoms with Gasteiger partial charge in [-0.1, -0.05) is 43.5 Å². The van der Waals surface area contributed by atoms with Gasteiger partial charge >= 0.3 is 0 Å². The Morgan fingerprint density at radius 1 is 1.05 bits per heavy atom. The number of benzene rings is 1. The first-order valence-corrected chi connectivity index (χ1v) is 6.88. The lowest BCUT2D eigenvalue weighted by molar-refractivity contribution is 0.828. The summed E-state index contributed by atoms with van der Waals surface area (Å²) in [6.07, 6.45) is 5.48. The summed E-state index contributed by atoms with van der Waals surface area (Å²) in [7, 11) is 0. The van der Waals surface area contributed by atoms with Gasteiger partial charge in [-0.25, -0.2) is 0 Å². The highest BCUT2D eigenvalue weighted by atomic mass is 14.9. The van der Waals surface area contributed by atoms with Gasteiger partial charge in [-0.05, 0) is 35.9 Å². The molecule has 0 amide bonds. The Labute approximate surface area is 113 Å². The molecule has 0 unspecified atom stereocenters. The summed E-state index contributed by atoms with van der Waals surface area (Å²) in [5, 5.41) is 2.56. The Kier molecular flexibility index (Phi) is 3.25. The van der Waals surface area contributed by atoms with E-state index >= 15 is 0 Å². The highest BCUT2D eigenvalue weighted by molar-refractivity contribution is 5.96. The van der Waals surface area contributed by atoms with Crippen molar-refractivity contribution in [2.45, 2.75) is 26.2 Å². The number of nitrogens with zero attached hydrogens (tertiary/aromatic N) is 1. The van der Waals surface area contributed by atoms with E-state index in [0.717, 1.165) is 12.1 Å². The Bertz CT molecular complexity index is 768. The number of hydrogen-bond acceptors (Lipinski definition) is 0. The largest absolute Gasteiger partial charge is 0.309 e. The molecule has 0 spiro atoms. The normalized spacial score (nSPS) is 10.6. The fourth-order valence-electron chi connectivity index (χ4n) is 2.38. The molecule has 0 atom stereocenters. The van der Waals surface area contributed by atoms with E-state index in [1.807, 2.05) is 0 Å². The van der Waals surface area contributed by atoms with Gasteiger partial charge in [0.25, 0.3) is 0 Å². The zero-order valence-corrected chi connectivity index (χ0v) is 11.2. The third-order valence-electron chi connectivity index (χ3n) is 3.43. The van der Waals surface area contributed by atoms with Crippen molar-refractivity contribution in [2.75, 3.05) is 0 Å². The van der Waals surface area contributed by atoms with Crippen molar-refractivity contribution in [1.29, 1.82) is 0 Å². The van der Waals surface area contributed by atoms with E-state index in [1.165, 1.54) is 29.1 Å². The Balaban J connectivity index is 2.08. The molecule has 0 aliphatic carbocycles. The number of fused-ring (bicyclic) bond motifs is 3. The fraction of sp³-hybridized carbons (Fsp3) is 0.222. The average Bonchev–Trinajstić information content (AvgIpc) is 2.87. The van der Waals surface area contributed by atoms with Crippen LogP contribution in [0.1, 0.15) is 31.9 Å². The first-order valence-electron chi connectivity index (χ1n) is 6.88. The molecule has 0 saturated heterocycles. The van der Waals surface area contributed by atoms with Gasteiger partial charge in [0, 0.05) is 18.0 Å². The predicted molar refractivity (Wildman–Crippen MR) is 81.3 cm³/mol. The monoisotopic (exact) mass is 247 g/mol. The molecule has 1 nitrogen and oxygen atoms in total. The molecular formula is C18H17N. The first kappa shape index (κ1) is 11.9. The van der Waals surface area contributed by atoms with Crippen LogP contribution in [0.2, 0.25) is 0 Å². The quantitative estimate of drug-likeness (QED) is 0.459. The van der Waals surface area contributed by atoms with Crippen LogP contribution in [0.3, 0.4) is 0 Å². The van der Waals surface area contributed by atoms with Crippen LogP contribution in [-0.4, -0.2) is 4.40 Å². The molecule has 0 aliphatic rings. The third kappa shape index (κ3) is 2.22. The standard InChI is InChI=1S/C18H17N/c1-2-3-4-5-9-16-11-12-18-17-10-7-6-8-15(17)13-14-19(16)18/h6-8,10-14H,2-4H2,1H3. The highest BCUT2D eigenvalue weighted by Crippen LogP contribution is 2.21. The number of hydrogen-bond donors (Lipinski definition) is 0. The van der Waals surface area contributed by atoms with Crippen LogP contribution in [0.25, 0.3) is 16.3 Å². The van der Waals surface area contributed by atoms with E-state index < -0.39 is 0 Å². The summed E-state index contributed by atoms with van der Waals surface area (Å²) in [5.74, 6) is 6.54. The summed E-state index contributed by atoms with van der Waals surface area (Å²) in [6.45, 7) is 2.19. The molecule has 2 aromatic heterocycles. The van der Waals surface area contributed by atoms with Crippen molar-refractivity contribution in [2.24, 2.45) is 0 Å². The van der Waals surface area contributed by atoms with E-state index in [2.05, 4.69) is 71.8 Å². The summed E-state index contributed by atoms with van der Waals surface area (Å²) in [5.41, 5.74) is 2.31. The summed E-state index contributed by atoms with van der Waals surface area (Å²) in [6, 6.07) is 14.9. The van der Waals surface area contributed by atoms with Gasteiger partial charge < -0.3 is 4.40 Å². The number of aromatic nitrogens is 1. The van der Waals surface area contributed by atoms with Crippen molar-refractivity contribution in [3.05, 3.63) is 54.4 Å². The SMILES string of the molecule is CCCCC#Cc1ccc2c3ccccc3ccn12. The van der Waals surface area contributed by atoms with Crippen molar-refractivity contribution in [3.63, 3.8) is 0 Å². The molecule has 1 heteroatoms. The third-order valence-corrected chi connectivity index (χ3v) is 3.43. The molecule has 1 aromatic carbocycles. The summed E-state index contributed by atoms with van der Waals surface area (Å²) >= 11 is 0. The van der Waals surface area contributed by atoms with Crippen molar-refractivity contribution < 1.29 is 0 Å². The van der Waals surface area contributed by atoms with E-state index in [0.29, 0.717) is 0 Å². The minimum atomic E-state index is 0.983. The molecule has 0 fully saturated rings. The van der Waals surface area contributed by atoms with E-state index in [1.54, 1.807) is 0 Å². The molecule has 94 valence electrons. The van der Waals surface area contributed by atoms with Crippen LogP contribution in [-0.2, 0) is 0 Å². The van der Waals surface area contributed by atoms with Gasteiger partial charge in [0.15, 0.2) is 0 Å². The van der Waals surface area contributed by atoms with Gasteiger partial charge in [-0.15, -0.1) is 0 Å². The lowest BCUT2D eigenvalue weighted by atomic mass is 10.1. The van der Waals surface area contributed by atoms with Gasteiger partial charge in [-0.3, -0.25) is 0 Å². The molecule has 0 saturated carbocycles. The van der Waals surface area contributed by atoms with Crippen molar-refractivity contribution in [3.8, 4) is 11.8 Å². The van der Waals surface area contributed by atoms with Gasteiger partial charge in [0.1, 0.15) is 0 Å². The van der Waals surface area contributed by atoms with Crippen LogP contribution >= 0.6 is 0 Å². The molecular weight excluding hydrogens is 230 g/mol. The second-order valence-corrected chi connectivity index (χ2v) is 4.78. The van der Waals surface area contributed by atoms with Crippen LogP contribution in [0.4, 0.5) is 0 Å².